The summed E-state index contributed by atoms with van der Waals surface area (Å²) in [7, 11) is -4.16. The molecule has 1 heterocycles. The molecule has 0 saturated heterocycles. The zero-order valence-corrected chi connectivity index (χ0v) is 14.4. The lowest BCUT2D eigenvalue weighted by molar-refractivity contribution is 0.479. The minimum Gasteiger partial charge on any atom is -0.398 e. The van der Waals surface area contributed by atoms with Crippen molar-refractivity contribution >= 4 is 26.6 Å². The number of aromatic nitrogens is 3. The third-order valence-electron chi connectivity index (χ3n) is 3.68. The largest absolute Gasteiger partial charge is 0.398 e. The lowest BCUT2D eigenvalue weighted by Crippen LogP contribution is -1.97. The summed E-state index contributed by atoms with van der Waals surface area (Å²) in [4.78, 5) is 0. The second-order valence-electron chi connectivity index (χ2n) is 5.40. The molecule has 0 aliphatic carbocycles. The van der Waals surface area contributed by atoms with Gasteiger partial charge in [-0.3, -0.25) is 9.65 Å². The van der Waals surface area contributed by atoms with E-state index in [1.54, 1.807) is 0 Å². The second kappa shape index (κ2) is 7.34. The molecule has 0 atom stereocenters. The quantitative estimate of drug-likeness (QED) is 0.369. The summed E-state index contributed by atoms with van der Waals surface area (Å²) in [5.41, 5.74) is 9.24. The molecular weight excluding hydrogens is 352 g/mol. The molecule has 4 rings (SSSR count). The van der Waals surface area contributed by atoms with Gasteiger partial charge in [0.15, 0.2) is 0 Å². The number of hydrogen-bond acceptors (Lipinski definition) is 5. The SMILES string of the molecule is Nc1ccc2ccccc2c1-c1ccccc1.O=S(=O)(O)c1c[nH]nn1. The second-order valence-corrected chi connectivity index (χ2v) is 6.77. The highest BCUT2D eigenvalue weighted by atomic mass is 32.2. The summed E-state index contributed by atoms with van der Waals surface area (Å²) in [6.07, 6.45) is 0.981. The van der Waals surface area contributed by atoms with Crippen LogP contribution in [-0.2, 0) is 10.1 Å². The highest BCUT2D eigenvalue weighted by molar-refractivity contribution is 7.85. The summed E-state index contributed by atoms with van der Waals surface area (Å²) in [5, 5.41) is 10.2. The molecule has 1 aromatic heterocycles. The molecule has 8 heteroatoms. The van der Waals surface area contributed by atoms with Crippen LogP contribution < -0.4 is 5.73 Å². The fourth-order valence-corrected chi connectivity index (χ4v) is 2.88. The number of aromatic amines is 1. The van der Waals surface area contributed by atoms with Crippen molar-refractivity contribution in [2.75, 3.05) is 5.73 Å². The van der Waals surface area contributed by atoms with Crippen LogP contribution in [0.3, 0.4) is 0 Å². The predicted molar refractivity (Wildman–Crippen MR) is 100.0 cm³/mol. The molecule has 132 valence electrons. The van der Waals surface area contributed by atoms with Crippen molar-refractivity contribution in [2.45, 2.75) is 5.03 Å². The zero-order chi connectivity index (χ0) is 18.6. The number of nitrogen functional groups attached to an aromatic ring is 1. The van der Waals surface area contributed by atoms with Crippen LogP contribution in [0.1, 0.15) is 0 Å². The lowest BCUT2D eigenvalue weighted by Gasteiger charge is -2.10. The number of fused-ring (bicyclic) bond motifs is 1. The molecule has 0 unspecified atom stereocenters. The fraction of sp³-hybridized carbons (Fsp3) is 0. The molecule has 0 aliphatic rings. The molecule has 0 radical (unpaired) electrons. The Morgan fingerprint density at radius 2 is 1.62 bits per heavy atom. The van der Waals surface area contributed by atoms with Crippen molar-refractivity contribution in [3.8, 4) is 11.1 Å². The number of nitrogens with one attached hydrogen (secondary N) is 1. The normalized spacial score (nSPS) is 11.0. The highest BCUT2D eigenvalue weighted by Crippen LogP contribution is 2.33. The van der Waals surface area contributed by atoms with Gasteiger partial charge in [0.05, 0.1) is 6.20 Å². The monoisotopic (exact) mass is 368 g/mol. The molecule has 26 heavy (non-hydrogen) atoms. The van der Waals surface area contributed by atoms with Crippen LogP contribution in [0.15, 0.2) is 78.0 Å². The van der Waals surface area contributed by atoms with Gasteiger partial charge in [-0.2, -0.15) is 8.42 Å². The first-order valence-electron chi connectivity index (χ1n) is 7.63. The molecule has 0 spiro atoms. The van der Waals surface area contributed by atoms with Gasteiger partial charge in [-0.15, -0.1) is 5.10 Å². The minimum atomic E-state index is -4.16. The molecule has 0 saturated carbocycles. The summed E-state index contributed by atoms with van der Waals surface area (Å²) >= 11 is 0. The van der Waals surface area contributed by atoms with Gasteiger partial charge in [0, 0.05) is 11.3 Å². The van der Waals surface area contributed by atoms with E-state index in [9.17, 15) is 8.42 Å². The van der Waals surface area contributed by atoms with Crippen molar-refractivity contribution in [3.05, 3.63) is 72.9 Å². The van der Waals surface area contributed by atoms with Crippen LogP contribution in [0.2, 0.25) is 0 Å². The molecule has 3 aromatic carbocycles. The lowest BCUT2D eigenvalue weighted by atomic mass is 9.97. The molecule has 0 aliphatic heterocycles. The Morgan fingerprint density at radius 3 is 2.23 bits per heavy atom. The number of hydrogen-bond donors (Lipinski definition) is 3. The van der Waals surface area contributed by atoms with E-state index in [0.717, 1.165) is 17.4 Å². The first-order valence-corrected chi connectivity index (χ1v) is 9.07. The summed E-state index contributed by atoms with van der Waals surface area (Å²) in [6, 6.07) is 22.7. The van der Waals surface area contributed by atoms with Gasteiger partial charge < -0.3 is 5.73 Å². The zero-order valence-electron chi connectivity index (χ0n) is 13.6. The van der Waals surface area contributed by atoms with Crippen molar-refractivity contribution in [3.63, 3.8) is 0 Å². The van der Waals surface area contributed by atoms with Crippen LogP contribution in [-0.4, -0.2) is 28.4 Å². The average molecular weight is 368 g/mol. The van der Waals surface area contributed by atoms with E-state index in [1.807, 2.05) is 36.4 Å². The summed E-state index contributed by atoms with van der Waals surface area (Å²) < 4.78 is 28.5. The van der Waals surface area contributed by atoms with E-state index in [4.69, 9.17) is 10.3 Å². The van der Waals surface area contributed by atoms with Crippen molar-refractivity contribution < 1.29 is 13.0 Å². The summed E-state index contributed by atoms with van der Waals surface area (Å²) in [6.45, 7) is 0. The van der Waals surface area contributed by atoms with E-state index < -0.39 is 15.1 Å². The molecule has 0 fully saturated rings. The van der Waals surface area contributed by atoms with Crippen LogP contribution in [0.5, 0.6) is 0 Å². The third kappa shape index (κ3) is 3.88. The Labute approximate surface area is 150 Å². The maximum atomic E-state index is 10.1. The van der Waals surface area contributed by atoms with Gasteiger partial charge in [0.25, 0.3) is 0 Å². The number of H-pyrrole nitrogens is 1. The van der Waals surface area contributed by atoms with Crippen LogP contribution in [0, 0.1) is 0 Å². The molecule has 0 bridgehead atoms. The maximum absolute atomic E-state index is 10.1. The van der Waals surface area contributed by atoms with Gasteiger partial charge in [-0.1, -0.05) is 65.9 Å². The maximum Gasteiger partial charge on any atom is 0.315 e. The Kier molecular flexibility index (Phi) is 4.97. The van der Waals surface area contributed by atoms with Crippen LogP contribution in [0.4, 0.5) is 5.69 Å². The highest BCUT2D eigenvalue weighted by Gasteiger charge is 2.11. The van der Waals surface area contributed by atoms with Gasteiger partial charge in [0.2, 0.25) is 5.03 Å². The van der Waals surface area contributed by atoms with E-state index in [1.165, 1.54) is 16.3 Å². The first kappa shape index (κ1) is 17.6. The smallest absolute Gasteiger partial charge is 0.315 e. The number of benzene rings is 3. The number of rotatable bonds is 2. The molecule has 4 N–H and O–H groups in total. The molecule has 4 aromatic rings. The van der Waals surface area contributed by atoms with Crippen molar-refractivity contribution in [1.29, 1.82) is 0 Å². The minimum absolute atomic E-state index is 0.470. The van der Waals surface area contributed by atoms with E-state index in [-0.39, 0.29) is 0 Å². The Balaban J connectivity index is 0.000000185. The molecule has 7 nitrogen and oxygen atoms in total. The number of nitrogens with zero attached hydrogens (tertiary/aromatic N) is 2. The third-order valence-corrected chi connectivity index (χ3v) is 4.41. The van der Waals surface area contributed by atoms with Gasteiger partial charge in [-0.05, 0) is 22.4 Å². The summed E-state index contributed by atoms with van der Waals surface area (Å²) in [5.74, 6) is 0. The first-order chi connectivity index (χ1) is 12.5. The Hall–Kier alpha value is -3.23. The van der Waals surface area contributed by atoms with Crippen LogP contribution >= 0.6 is 0 Å². The van der Waals surface area contributed by atoms with Gasteiger partial charge in [-0.25, -0.2) is 0 Å². The van der Waals surface area contributed by atoms with E-state index in [0.29, 0.717) is 0 Å². The molecular formula is C18H16N4O3S. The van der Waals surface area contributed by atoms with E-state index >= 15 is 0 Å². The van der Waals surface area contributed by atoms with Crippen LogP contribution in [0.25, 0.3) is 21.9 Å². The average Bonchev–Trinajstić information content (AvgIpc) is 3.18. The standard InChI is InChI=1S/C16H13N.C2H3N3O3S/c17-15-11-10-12-6-4-5-9-14(12)16(15)13-7-2-1-3-8-13;6-9(7,8)2-1-3-5-4-2/h1-11H,17H2;1H,(H,3,4,5)(H,6,7,8). The fourth-order valence-electron chi connectivity index (χ4n) is 2.53. The molecule has 0 amide bonds. The Bertz CT molecular complexity index is 1110. The topological polar surface area (TPSA) is 122 Å². The van der Waals surface area contributed by atoms with Gasteiger partial charge in [0.1, 0.15) is 0 Å². The number of nitrogens with two attached hydrogens (primary N) is 1. The van der Waals surface area contributed by atoms with Gasteiger partial charge >= 0.3 is 10.1 Å². The predicted octanol–water partition coefficient (Wildman–Crippen LogP) is 3.14. The van der Waals surface area contributed by atoms with Crippen molar-refractivity contribution in [2.24, 2.45) is 0 Å². The number of anilines is 1. The van der Waals surface area contributed by atoms with Crippen molar-refractivity contribution in [1.82, 2.24) is 15.4 Å². The Morgan fingerprint density at radius 1 is 0.923 bits per heavy atom. The van der Waals surface area contributed by atoms with E-state index in [2.05, 4.69) is 45.7 Å².